The van der Waals surface area contributed by atoms with Crippen molar-refractivity contribution < 1.29 is 19.8 Å². The average molecular weight is 228 g/mol. The van der Waals surface area contributed by atoms with Crippen LogP contribution >= 0.6 is 0 Å². The number of rotatable bonds is 3. The van der Waals surface area contributed by atoms with Crippen LogP contribution < -0.4 is 5.73 Å². The summed E-state index contributed by atoms with van der Waals surface area (Å²) in [5.74, 6) is -1.83. The number of nitrogens with one attached hydrogen (secondary N) is 1. The lowest BCUT2D eigenvalue weighted by atomic mass is 10.1. The van der Waals surface area contributed by atoms with Gasteiger partial charge in [-0.3, -0.25) is 4.79 Å². The van der Waals surface area contributed by atoms with E-state index < -0.39 is 18.0 Å². The third-order valence-electron chi connectivity index (χ3n) is 1.83. The minimum atomic E-state index is -0.931. The lowest BCUT2D eigenvalue weighted by Gasteiger charge is -2.07. The van der Waals surface area contributed by atoms with E-state index in [1.807, 2.05) is 0 Å². The summed E-state index contributed by atoms with van der Waals surface area (Å²) >= 11 is 0. The molecule has 0 aliphatic carbocycles. The van der Waals surface area contributed by atoms with E-state index >= 15 is 0 Å². The van der Waals surface area contributed by atoms with Gasteiger partial charge in [-0.15, -0.1) is 0 Å². The van der Waals surface area contributed by atoms with E-state index in [1.165, 1.54) is 6.07 Å². The Balaban J connectivity index is 0.000000281. The van der Waals surface area contributed by atoms with Crippen molar-refractivity contribution in [3.8, 4) is 0 Å². The van der Waals surface area contributed by atoms with Gasteiger partial charge in [-0.05, 0) is 18.1 Å². The Morgan fingerprint density at radius 1 is 1.38 bits per heavy atom. The Hall–Kier alpha value is -1.82. The molecule has 90 valence electrons. The molecule has 0 aromatic carbocycles. The average Bonchev–Trinajstić information content (AvgIpc) is 2.70. The molecule has 0 bridgehead atoms. The third-order valence-corrected chi connectivity index (χ3v) is 1.83. The zero-order valence-electron chi connectivity index (χ0n) is 9.18. The Labute approximate surface area is 93.1 Å². The molecule has 0 aliphatic heterocycles. The highest BCUT2D eigenvalue weighted by Crippen LogP contribution is 1.96. The minimum absolute atomic E-state index is 0.0208. The van der Waals surface area contributed by atoms with Crippen LogP contribution in [0.3, 0.4) is 0 Å². The van der Waals surface area contributed by atoms with Crippen molar-refractivity contribution in [3.05, 3.63) is 24.0 Å². The number of aromatic nitrogens is 1. The first-order valence-electron chi connectivity index (χ1n) is 4.71. The first kappa shape index (κ1) is 14.2. The molecule has 1 aromatic rings. The van der Waals surface area contributed by atoms with Crippen molar-refractivity contribution in [2.75, 3.05) is 0 Å². The summed E-state index contributed by atoms with van der Waals surface area (Å²) in [5.41, 5.74) is 5.39. The van der Waals surface area contributed by atoms with Crippen molar-refractivity contribution >= 4 is 11.9 Å². The van der Waals surface area contributed by atoms with Gasteiger partial charge in [0.25, 0.3) is 0 Å². The van der Waals surface area contributed by atoms with E-state index in [4.69, 9.17) is 15.9 Å². The number of aliphatic carboxylic acids is 1. The molecule has 0 radical (unpaired) electrons. The summed E-state index contributed by atoms with van der Waals surface area (Å²) < 4.78 is 0. The first-order chi connectivity index (χ1) is 7.36. The number of hydrogen-bond acceptors (Lipinski definition) is 3. The number of carboxylic acids is 2. The number of aromatic carboxylic acids is 1. The molecule has 5 N–H and O–H groups in total. The van der Waals surface area contributed by atoms with Crippen LogP contribution in [0.1, 0.15) is 24.3 Å². The second-order valence-electron chi connectivity index (χ2n) is 3.50. The van der Waals surface area contributed by atoms with Gasteiger partial charge in [0.2, 0.25) is 0 Å². The van der Waals surface area contributed by atoms with Crippen molar-refractivity contribution in [2.45, 2.75) is 19.9 Å². The maximum absolute atomic E-state index is 10.0. The van der Waals surface area contributed by atoms with Gasteiger partial charge in [-0.25, -0.2) is 4.79 Å². The second-order valence-corrected chi connectivity index (χ2v) is 3.50. The molecule has 16 heavy (non-hydrogen) atoms. The van der Waals surface area contributed by atoms with Crippen LogP contribution in [0.2, 0.25) is 0 Å². The van der Waals surface area contributed by atoms with Crippen LogP contribution in [0.15, 0.2) is 18.3 Å². The molecule has 1 heterocycles. The first-order valence-corrected chi connectivity index (χ1v) is 4.71. The lowest BCUT2D eigenvalue weighted by molar-refractivity contribution is -0.139. The van der Waals surface area contributed by atoms with Crippen molar-refractivity contribution in [2.24, 2.45) is 11.7 Å². The fourth-order valence-corrected chi connectivity index (χ4v) is 0.749. The molecule has 0 fully saturated rings. The number of hydrogen-bond donors (Lipinski definition) is 4. The van der Waals surface area contributed by atoms with E-state index in [0.29, 0.717) is 0 Å². The Morgan fingerprint density at radius 3 is 2.06 bits per heavy atom. The van der Waals surface area contributed by atoms with Gasteiger partial charge in [0, 0.05) is 6.20 Å². The number of carbonyl (C=O) groups is 2. The van der Waals surface area contributed by atoms with Crippen LogP contribution in [0.25, 0.3) is 0 Å². The molecule has 0 spiro atoms. The predicted octanol–water partition coefficient (Wildman–Crippen LogP) is 0.767. The number of H-pyrrole nitrogens is 1. The van der Waals surface area contributed by atoms with Gasteiger partial charge in [0.15, 0.2) is 0 Å². The molecular formula is C10H16N2O4. The monoisotopic (exact) mass is 228 g/mol. The van der Waals surface area contributed by atoms with Gasteiger partial charge >= 0.3 is 11.9 Å². The summed E-state index contributed by atoms with van der Waals surface area (Å²) in [4.78, 5) is 22.6. The minimum Gasteiger partial charge on any atom is -0.480 e. The molecule has 0 amide bonds. The molecule has 0 saturated carbocycles. The van der Waals surface area contributed by atoms with Gasteiger partial charge in [0.1, 0.15) is 11.7 Å². The second kappa shape index (κ2) is 6.62. The molecule has 0 aliphatic rings. The van der Waals surface area contributed by atoms with E-state index in [2.05, 4.69) is 4.98 Å². The van der Waals surface area contributed by atoms with Crippen molar-refractivity contribution in [3.63, 3.8) is 0 Å². The highest BCUT2D eigenvalue weighted by molar-refractivity contribution is 5.85. The van der Waals surface area contributed by atoms with Crippen LogP contribution in [-0.2, 0) is 4.79 Å². The molecule has 1 atom stereocenters. The van der Waals surface area contributed by atoms with Crippen LogP contribution in [0, 0.1) is 5.92 Å². The largest absolute Gasteiger partial charge is 0.480 e. The number of nitrogens with two attached hydrogens (primary N) is 1. The number of carboxylic acid groups (broad SMARTS) is 2. The van der Waals surface area contributed by atoms with Crippen LogP contribution in [-0.4, -0.2) is 33.2 Å². The molecule has 1 unspecified atom stereocenters. The molecule has 6 nitrogen and oxygen atoms in total. The highest BCUT2D eigenvalue weighted by atomic mass is 16.4. The Morgan fingerprint density at radius 2 is 1.94 bits per heavy atom. The zero-order chi connectivity index (χ0) is 12.7. The summed E-state index contributed by atoms with van der Waals surface area (Å²) in [7, 11) is 0. The smallest absolute Gasteiger partial charge is 0.352 e. The van der Waals surface area contributed by atoms with Crippen molar-refractivity contribution in [1.82, 2.24) is 4.98 Å². The lowest BCUT2D eigenvalue weighted by Crippen LogP contribution is -2.34. The normalized spacial score (nSPS) is 11.5. The molecule has 1 rings (SSSR count). The molecule has 6 heteroatoms. The zero-order valence-corrected chi connectivity index (χ0v) is 9.18. The summed E-state index contributed by atoms with van der Waals surface area (Å²) in [6.45, 7) is 3.55. The van der Waals surface area contributed by atoms with Crippen LogP contribution in [0.5, 0.6) is 0 Å². The summed E-state index contributed by atoms with van der Waals surface area (Å²) in [5, 5.41) is 16.5. The number of aromatic amines is 1. The van der Waals surface area contributed by atoms with E-state index in [0.717, 1.165) is 0 Å². The van der Waals surface area contributed by atoms with Crippen LogP contribution in [0.4, 0.5) is 0 Å². The van der Waals surface area contributed by atoms with E-state index in [-0.39, 0.29) is 11.6 Å². The van der Waals surface area contributed by atoms with Gasteiger partial charge in [0.05, 0.1) is 0 Å². The maximum atomic E-state index is 10.0. The Kier molecular flexibility index (Phi) is 5.87. The standard InChI is InChI=1S/C5H5NO2.C5H11NO2/c7-5(8)4-2-1-3-6-4;1-3(2)4(6)5(7)8/h1-3,6H,(H,7,8);3-4H,6H2,1-2H3,(H,7,8). The fraction of sp³-hybridized carbons (Fsp3) is 0.400. The Bertz CT molecular complexity index is 333. The molecule has 1 aromatic heterocycles. The summed E-state index contributed by atoms with van der Waals surface area (Å²) in [6.07, 6.45) is 1.57. The summed E-state index contributed by atoms with van der Waals surface area (Å²) in [6, 6.07) is 2.43. The quantitative estimate of drug-likeness (QED) is 0.609. The van der Waals surface area contributed by atoms with Gasteiger partial charge in [-0.2, -0.15) is 0 Å². The van der Waals surface area contributed by atoms with E-state index in [1.54, 1.807) is 26.1 Å². The maximum Gasteiger partial charge on any atom is 0.352 e. The topological polar surface area (TPSA) is 116 Å². The molecular weight excluding hydrogens is 212 g/mol. The SMILES string of the molecule is CC(C)C(N)C(=O)O.O=C(O)c1ccc[nH]1. The predicted molar refractivity (Wildman–Crippen MR) is 58.2 cm³/mol. The van der Waals surface area contributed by atoms with Crippen molar-refractivity contribution in [1.29, 1.82) is 0 Å². The molecule has 0 saturated heterocycles. The van der Waals surface area contributed by atoms with Gasteiger partial charge in [-0.1, -0.05) is 13.8 Å². The highest BCUT2D eigenvalue weighted by Gasteiger charge is 2.14. The van der Waals surface area contributed by atoms with Gasteiger partial charge < -0.3 is 20.9 Å². The van der Waals surface area contributed by atoms with E-state index in [9.17, 15) is 9.59 Å². The fourth-order valence-electron chi connectivity index (χ4n) is 0.749. The third kappa shape index (κ3) is 5.16.